The van der Waals surface area contributed by atoms with Gasteiger partial charge in [-0.25, -0.2) is 4.98 Å². The van der Waals surface area contributed by atoms with Gasteiger partial charge in [0, 0.05) is 5.56 Å². The number of hydrogen-bond donors (Lipinski definition) is 1. The third-order valence-corrected chi connectivity index (χ3v) is 4.80. The maximum atomic E-state index is 5.99. The number of rotatable bonds is 8. The number of unbranched alkanes of at least 4 members (excludes halogenated alkanes) is 2. The van der Waals surface area contributed by atoms with Crippen LogP contribution in [-0.2, 0) is 0 Å². The molecule has 0 atom stereocenters. The van der Waals surface area contributed by atoms with Crippen molar-refractivity contribution in [3.05, 3.63) is 40.4 Å². The smallest absolute Gasteiger partial charge is 0.175 e. The molecule has 4 nitrogen and oxygen atoms in total. The van der Waals surface area contributed by atoms with Crippen LogP contribution in [0.2, 0.25) is 0 Å². The van der Waals surface area contributed by atoms with Crippen LogP contribution in [0.5, 0.6) is 11.5 Å². The summed E-state index contributed by atoms with van der Waals surface area (Å²) in [6.07, 6.45) is 3.38. The standard InChI is InChI=1S/C21H25BrN2O2/c1-4-6-7-10-26-20-16(22)12-15(13-19(20)25-5-2)21-23-17-9-8-14(3)11-18(17)24-21/h8-9,11-13H,4-7,10H2,1-3H3,(H,23,24). The van der Waals surface area contributed by atoms with Crippen LogP contribution >= 0.6 is 15.9 Å². The summed E-state index contributed by atoms with van der Waals surface area (Å²) in [5, 5.41) is 0. The average Bonchev–Trinajstić information content (AvgIpc) is 3.03. The van der Waals surface area contributed by atoms with E-state index in [0.717, 1.165) is 51.2 Å². The molecule has 0 bridgehead atoms. The number of hydrogen-bond acceptors (Lipinski definition) is 3. The van der Waals surface area contributed by atoms with E-state index in [1.807, 2.05) is 25.1 Å². The molecule has 26 heavy (non-hydrogen) atoms. The number of halogens is 1. The van der Waals surface area contributed by atoms with Gasteiger partial charge in [-0.1, -0.05) is 25.8 Å². The number of nitrogens with one attached hydrogen (secondary N) is 1. The first kappa shape index (κ1) is 18.8. The number of benzene rings is 2. The van der Waals surface area contributed by atoms with Crippen molar-refractivity contribution in [2.24, 2.45) is 0 Å². The highest BCUT2D eigenvalue weighted by atomic mass is 79.9. The lowest BCUT2D eigenvalue weighted by atomic mass is 10.2. The number of ether oxygens (including phenoxy) is 2. The molecule has 3 aromatic rings. The van der Waals surface area contributed by atoms with Crippen molar-refractivity contribution in [3.63, 3.8) is 0 Å². The molecule has 5 heteroatoms. The first-order valence-electron chi connectivity index (χ1n) is 9.18. The Kier molecular flexibility index (Phi) is 6.20. The Hall–Kier alpha value is -2.01. The molecule has 0 saturated heterocycles. The molecule has 0 aliphatic rings. The summed E-state index contributed by atoms with van der Waals surface area (Å²) in [5.74, 6) is 2.33. The van der Waals surface area contributed by atoms with E-state index in [4.69, 9.17) is 14.5 Å². The molecule has 1 heterocycles. The first-order valence-corrected chi connectivity index (χ1v) is 9.97. The molecule has 0 unspecified atom stereocenters. The topological polar surface area (TPSA) is 47.1 Å². The molecular weight excluding hydrogens is 392 g/mol. The minimum Gasteiger partial charge on any atom is -0.490 e. The first-order chi connectivity index (χ1) is 12.6. The Balaban J connectivity index is 1.93. The largest absolute Gasteiger partial charge is 0.490 e. The molecule has 138 valence electrons. The predicted molar refractivity (Wildman–Crippen MR) is 110 cm³/mol. The fourth-order valence-corrected chi connectivity index (χ4v) is 3.45. The summed E-state index contributed by atoms with van der Waals surface area (Å²) >= 11 is 3.64. The number of imidazole rings is 1. The van der Waals surface area contributed by atoms with E-state index in [0.29, 0.717) is 13.2 Å². The van der Waals surface area contributed by atoms with Crippen molar-refractivity contribution in [2.75, 3.05) is 13.2 Å². The summed E-state index contributed by atoms with van der Waals surface area (Å²) < 4.78 is 12.7. The quantitative estimate of drug-likeness (QED) is 0.440. The van der Waals surface area contributed by atoms with Gasteiger partial charge in [-0.2, -0.15) is 0 Å². The Morgan fingerprint density at radius 1 is 1.08 bits per heavy atom. The Morgan fingerprint density at radius 2 is 1.92 bits per heavy atom. The molecular formula is C21H25BrN2O2. The van der Waals surface area contributed by atoms with Crippen molar-refractivity contribution in [1.82, 2.24) is 9.97 Å². The third-order valence-electron chi connectivity index (χ3n) is 4.21. The summed E-state index contributed by atoms with van der Waals surface area (Å²) in [6.45, 7) is 7.52. The van der Waals surface area contributed by atoms with Crippen LogP contribution in [0, 0.1) is 6.92 Å². The van der Waals surface area contributed by atoms with Crippen LogP contribution in [0.15, 0.2) is 34.8 Å². The fraction of sp³-hybridized carbons (Fsp3) is 0.381. The van der Waals surface area contributed by atoms with Gasteiger partial charge >= 0.3 is 0 Å². The van der Waals surface area contributed by atoms with Crippen LogP contribution in [-0.4, -0.2) is 23.2 Å². The molecule has 2 aromatic carbocycles. The van der Waals surface area contributed by atoms with E-state index in [1.54, 1.807) is 0 Å². The van der Waals surface area contributed by atoms with E-state index in [2.05, 4.69) is 46.9 Å². The summed E-state index contributed by atoms with van der Waals surface area (Å²) in [6, 6.07) is 10.2. The van der Waals surface area contributed by atoms with Crippen LogP contribution in [0.3, 0.4) is 0 Å². The van der Waals surface area contributed by atoms with Gasteiger partial charge < -0.3 is 14.5 Å². The van der Waals surface area contributed by atoms with E-state index in [1.165, 1.54) is 12.0 Å². The number of aromatic nitrogens is 2. The summed E-state index contributed by atoms with van der Waals surface area (Å²) in [4.78, 5) is 8.11. The van der Waals surface area contributed by atoms with Gasteiger partial charge in [0.25, 0.3) is 0 Å². The van der Waals surface area contributed by atoms with E-state index in [9.17, 15) is 0 Å². The SMILES string of the molecule is CCCCCOc1c(Br)cc(-c2nc3ccc(C)cc3[nH]2)cc1OCC. The second kappa shape index (κ2) is 8.58. The third kappa shape index (κ3) is 4.21. The number of fused-ring (bicyclic) bond motifs is 1. The minimum absolute atomic E-state index is 0.584. The van der Waals surface area contributed by atoms with Gasteiger partial charge in [-0.05, 0) is 66.0 Å². The lowest BCUT2D eigenvalue weighted by molar-refractivity contribution is 0.269. The molecule has 0 saturated carbocycles. The molecule has 0 fully saturated rings. The van der Waals surface area contributed by atoms with Crippen LogP contribution in [0.25, 0.3) is 22.4 Å². The van der Waals surface area contributed by atoms with Gasteiger partial charge in [-0.3, -0.25) is 0 Å². The zero-order valence-corrected chi connectivity index (χ0v) is 17.1. The summed E-state index contributed by atoms with van der Waals surface area (Å²) in [5.41, 5.74) is 4.17. The maximum absolute atomic E-state index is 5.99. The van der Waals surface area contributed by atoms with E-state index < -0.39 is 0 Å². The lowest BCUT2D eigenvalue weighted by Gasteiger charge is -2.15. The van der Waals surface area contributed by atoms with Crippen molar-refractivity contribution >= 4 is 27.0 Å². The van der Waals surface area contributed by atoms with Crippen molar-refractivity contribution < 1.29 is 9.47 Å². The molecule has 1 N–H and O–H groups in total. The average molecular weight is 417 g/mol. The Bertz CT molecular complexity index is 889. The highest BCUT2D eigenvalue weighted by Gasteiger charge is 2.15. The Labute approximate surface area is 163 Å². The van der Waals surface area contributed by atoms with Crippen molar-refractivity contribution in [1.29, 1.82) is 0 Å². The van der Waals surface area contributed by atoms with Gasteiger partial charge in [0.1, 0.15) is 5.82 Å². The van der Waals surface area contributed by atoms with Crippen molar-refractivity contribution in [3.8, 4) is 22.9 Å². The zero-order valence-electron chi connectivity index (χ0n) is 15.6. The monoisotopic (exact) mass is 416 g/mol. The van der Waals surface area contributed by atoms with Crippen LogP contribution in [0.1, 0.15) is 38.7 Å². The fourth-order valence-electron chi connectivity index (χ4n) is 2.89. The maximum Gasteiger partial charge on any atom is 0.175 e. The van der Waals surface area contributed by atoms with Gasteiger partial charge in [0.05, 0.1) is 28.7 Å². The van der Waals surface area contributed by atoms with Crippen molar-refractivity contribution in [2.45, 2.75) is 40.0 Å². The molecule has 0 aliphatic heterocycles. The van der Waals surface area contributed by atoms with Gasteiger partial charge in [0.15, 0.2) is 11.5 Å². The lowest BCUT2D eigenvalue weighted by Crippen LogP contribution is -2.02. The van der Waals surface area contributed by atoms with E-state index in [-0.39, 0.29) is 0 Å². The molecule has 3 rings (SSSR count). The number of H-pyrrole nitrogens is 1. The molecule has 1 aromatic heterocycles. The normalized spacial score (nSPS) is 11.1. The van der Waals surface area contributed by atoms with Gasteiger partial charge in [-0.15, -0.1) is 0 Å². The Morgan fingerprint density at radius 3 is 2.69 bits per heavy atom. The molecule has 0 spiro atoms. The highest BCUT2D eigenvalue weighted by molar-refractivity contribution is 9.10. The number of aryl methyl sites for hydroxylation is 1. The second-order valence-corrected chi connectivity index (χ2v) is 7.23. The van der Waals surface area contributed by atoms with Crippen LogP contribution in [0.4, 0.5) is 0 Å². The number of aromatic amines is 1. The van der Waals surface area contributed by atoms with Crippen LogP contribution < -0.4 is 9.47 Å². The minimum atomic E-state index is 0.584. The van der Waals surface area contributed by atoms with E-state index >= 15 is 0 Å². The number of nitrogens with zero attached hydrogens (tertiary/aromatic N) is 1. The summed E-state index contributed by atoms with van der Waals surface area (Å²) in [7, 11) is 0. The zero-order chi connectivity index (χ0) is 18.5. The second-order valence-electron chi connectivity index (χ2n) is 6.38. The molecule has 0 aliphatic carbocycles. The predicted octanol–water partition coefficient (Wildman–Crippen LogP) is 6.27. The highest BCUT2D eigenvalue weighted by Crippen LogP contribution is 2.39. The molecule has 0 radical (unpaired) electrons. The molecule has 0 amide bonds. The van der Waals surface area contributed by atoms with Gasteiger partial charge in [0.2, 0.25) is 0 Å².